The Kier molecular flexibility index (Phi) is 3.32. The molecule has 1 N–H and O–H groups in total. The van der Waals surface area contributed by atoms with E-state index in [4.69, 9.17) is 4.42 Å². The molecule has 2 aromatic heterocycles. The first-order chi connectivity index (χ1) is 7.36. The lowest BCUT2D eigenvalue weighted by atomic mass is 10.3. The Morgan fingerprint density at radius 1 is 1.40 bits per heavy atom. The highest BCUT2D eigenvalue weighted by molar-refractivity contribution is 7.12. The molecular weight excluding hydrogens is 210 g/mol. The molecule has 0 aliphatic heterocycles. The maximum Gasteiger partial charge on any atom is 0.186 e. The van der Waals surface area contributed by atoms with E-state index in [0.717, 1.165) is 10.6 Å². The molecule has 0 saturated carbocycles. The van der Waals surface area contributed by atoms with Gasteiger partial charge in [0.15, 0.2) is 5.78 Å². The first-order valence-corrected chi connectivity index (χ1v) is 5.54. The summed E-state index contributed by atoms with van der Waals surface area (Å²) in [7, 11) is 0. The van der Waals surface area contributed by atoms with E-state index in [9.17, 15) is 4.79 Å². The number of hydrogen-bond acceptors (Lipinski definition) is 4. The van der Waals surface area contributed by atoms with Crippen molar-refractivity contribution in [3.05, 3.63) is 46.5 Å². The van der Waals surface area contributed by atoms with E-state index >= 15 is 0 Å². The number of rotatable bonds is 5. The third-order valence-electron chi connectivity index (χ3n) is 1.96. The van der Waals surface area contributed by atoms with E-state index < -0.39 is 0 Å². The largest absolute Gasteiger partial charge is 0.468 e. The van der Waals surface area contributed by atoms with Gasteiger partial charge in [-0.2, -0.15) is 0 Å². The fourth-order valence-electron chi connectivity index (χ4n) is 1.24. The fourth-order valence-corrected chi connectivity index (χ4v) is 1.90. The molecule has 0 aliphatic rings. The molecule has 78 valence electrons. The van der Waals surface area contributed by atoms with Crippen LogP contribution in [0.1, 0.15) is 15.4 Å². The van der Waals surface area contributed by atoms with Gasteiger partial charge in [0.2, 0.25) is 0 Å². The third kappa shape index (κ3) is 2.78. The minimum Gasteiger partial charge on any atom is -0.468 e. The highest BCUT2D eigenvalue weighted by Gasteiger charge is 2.05. The van der Waals surface area contributed by atoms with Gasteiger partial charge >= 0.3 is 0 Å². The van der Waals surface area contributed by atoms with Gasteiger partial charge in [-0.3, -0.25) is 4.79 Å². The monoisotopic (exact) mass is 221 g/mol. The summed E-state index contributed by atoms with van der Waals surface area (Å²) in [4.78, 5) is 12.3. The number of ketones is 1. The number of Topliss-reactive ketones (excluding diaryl/α,β-unsaturated/α-hetero) is 1. The maximum absolute atomic E-state index is 11.6. The number of carbonyl (C=O) groups is 1. The van der Waals surface area contributed by atoms with Crippen LogP contribution in [0.25, 0.3) is 0 Å². The van der Waals surface area contributed by atoms with Crippen LogP contribution in [0.2, 0.25) is 0 Å². The summed E-state index contributed by atoms with van der Waals surface area (Å²) < 4.78 is 5.13. The lowest BCUT2D eigenvalue weighted by Gasteiger charge is -1.99. The van der Waals surface area contributed by atoms with E-state index in [2.05, 4.69) is 5.32 Å². The van der Waals surface area contributed by atoms with Crippen molar-refractivity contribution >= 4 is 17.1 Å². The molecule has 0 bridgehead atoms. The van der Waals surface area contributed by atoms with E-state index in [1.807, 2.05) is 29.6 Å². The van der Waals surface area contributed by atoms with E-state index in [1.165, 1.54) is 11.3 Å². The SMILES string of the molecule is O=C(CNCc1ccco1)c1cccs1. The van der Waals surface area contributed by atoms with Gasteiger partial charge in [0, 0.05) is 0 Å². The first kappa shape index (κ1) is 10.1. The van der Waals surface area contributed by atoms with Gasteiger partial charge in [-0.1, -0.05) is 6.07 Å². The Balaban J connectivity index is 1.77. The zero-order chi connectivity index (χ0) is 10.5. The Labute approximate surface area is 91.7 Å². The van der Waals surface area contributed by atoms with Crippen molar-refractivity contribution in [1.82, 2.24) is 5.32 Å². The molecule has 0 aromatic carbocycles. The van der Waals surface area contributed by atoms with E-state index in [1.54, 1.807) is 6.26 Å². The molecule has 0 radical (unpaired) electrons. The number of carbonyl (C=O) groups excluding carboxylic acids is 1. The minimum atomic E-state index is 0.122. The number of furan rings is 1. The summed E-state index contributed by atoms with van der Waals surface area (Å²) in [5.41, 5.74) is 0. The van der Waals surface area contributed by atoms with Crippen molar-refractivity contribution < 1.29 is 9.21 Å². The second-order valence-electron chi connectivity index (χ2n) is 3.08. The smallest absolute Gasteiger partial charge is 0.186 e. The van der Waals surface area contributed by atoms with Gasteiger partial charge < -0.3 is 9.73 Å². The van der Waals surface area contributed by atoms with E-state index in [0.29, 0.717) is 13.1 Å². The molecule has 0 aliphatic carbocycles. The zero-order valence-electron chi connectivity index (χ0n) is 8.10. The van der Waals surface area contributed by atoms with Crippen LogP contribution in [0.15, 0.2) is 40.3 Å². The molecule has 4 heteroatoms. The summed E-state index contributed by atoms with van der Waals surface area (Å²) in [5, 5.41) is 4.94. The predicted molar refractivity (Wildman–Crippen MR) is 59.1 cm³/mol. The van der Waals surface area contributed by atoms with Gasteiger partial charge in [0.05, 0.1) is 24.2 Å². The molecule has 2 rings (SSSR count). The molecule has 2 aromatic rings. The summed E-state index contributed by atoms with van der Waals surface area (Å²) in [6.07, 6.45) is 1.62. The second kappa shape index (κ2) is 4.91. The van der Waals surface area contributed by atoms with Crippen LogP contribution in [0.4, 0.5) is 0 Å². The Morgan fingerprint density at radius 3 is 3.00 bits per heavy atom. The summed E-state index contributed by atoms with van der Waals surface area (Å²) >= 11 is 1.47. The van der Waals surface area contributed by atoms with Gasteiger partial charge in [-0.05, 0) is 23.6 Å². The average Bonchev–Trinajstić information content (AvgIpc) is 2.90. The Morgan fingerprint density at radius 2 is 2.33 bits per heavy atom. The molecule has 0 amide bonds. The molecule has 0 spiro atoms. The molecule has 0 fully saturated rings. The molecule has 3 nitrogen and oxygen atoms in total. The van der Waals surface area contributed by atoms with Crippen LogP contribution < -0.4 is 5.32 Å². The standard InChI is InChI=1S/C11H11NO2S/c13-10(11-4-2-6-15-11)8-12-7-9-3-1-5-14-9/h1-6,12H,7-8H2. The Bertz CT molecular complexity index is 406. The van der Waals surface area contributed by atoms with Crippen LogP contribution in [-0.4, -0.2) is 12.3 Å². The van der Waals surface area contributed by atoms with Crippen molar-refractivity contribution in [1.29, 1.82) is 0 Å². The topological polar surface area (TPSA) is 42.2 Å². The highest BCUT2D eigenvalue weighted by atomic mass is 32.1. The lowest BCUT2D eigenvalue weighted by molar-refractivity contribution is 0.0994. The van der Waals surface area contributed by atoms with Gasteiger partial charge in [0.25, 0.3) is 0 Å². The molecule has 2 heterocycles. The third-order valence-corrected chi connectivity index (χ3v) is 2.87. The number of nitrogens with one attached hydrogen (secondary N) is 1. The zero-order valence-corrected chi connectivity index (χ0v) is 8.92. The highest BCUT2D eigenvalue weighted by Crippen LogP contribution is 2.08. The van der Waals surface area contributed by atoms with Crippen LogP contribution in [-0.2, 0) is 6.54 Å². The second-order valence-corrected chi connectivity index (χ2v) is 4.03. The average molecular weight is 221 g/mol. The van der Waals surface area contributed by atoms with Crippen molar-refractivity contribution in [3.63, 3.8) is 0 Å². The quantitative estimate of drug-likeness (QED) is 0.788. The molecule has 0 atom stereocenters. The van der Waals surface area contributed by atoms with E-state index in [-0.39, 0.29) is 5.78 Å². The molecule has 0 saturated heterocycles. The van der Waals surface area contributed by atoms with Crippen LogP contribution in [0.3, 0.4) is 0 Å². The number of thiophene rings is 1. The summed E-state index contributed by atoms with van der Waals surface area (Å²) in [6.45, 7) is 0.936. The van der Waals surface area contributed by atoms with Crippen molar-refractivity contribution in [2.24, 2.45) is 0 Å². The lowest BCUT2D eigenvalue weighted by Crippen LogP contribution is -2.21. The molecular formula is C11H11NO2S. The first-order valence-electron chi connectivity index (χ1n) is 4.66. The van der Waals surface area contributed by atoms with Crippen LogP contribution >= 0.6 is 11.3 Å². The van der Waals surface area contributed by atoms with Gasteiger partial charge in [0.1, 0.15) is 5.76 Å². The summed E-state index contributed by atoms with van der Waals surface area (Å²) in [5.74, 6) is 0.963. The fraction of sp³-hybridized carbons (Fsp3) is 0.182. The van der Waals surface area contributed by atoms with Crippen LogP contribution in [0.5, 0.6) is 0 Å². The van der Waals surface area contributed by atoms with Gasteiger partial charge in [-0.25, -0.2) is 0 Å². The normalized spacial score (nSPS) is 10.4. The maximum atomic E-state index is 11.6. The number of hydrogen-bond donors (Lipinski definition) is 1. The van der Waals surface area contributed by atoms with Crippen molar-refractivity contribution in [2.45, 2.75) is 6.54 Å². The minimum absolute atomic E-state index is 0.122. The Hall–Kier alpha value is -1.39. The summed E-state index contributed by atoms with van der Waals surface area (Å²) in [6, 6.07) is 7.42. The van der Waals surface area contributed by atoms with Crippen LogP contribution in [0, 0.1) is 0 Å². The molecule has 0 unspecified atom stereocenters. The van der Waals surface area contributed by atoms with Crippen molar-refractivity contribution in [3.8, 4) is 0 Å². The van der Waals surface area contributed by atoms with Crippen molar-refractivity contribution in [2.75, 3.05) is 6.54 Å². The van der Waals surface area contributed by atoms with Gasteiger partial charge in [-0.15, -0.1) is 11.3 Å². The predicted octanol–water partition coefficient (Wildman–Crippen LogP) is 2.31. The molecule has 15 heavy (non-hydrogen) atoms.